The van der Waals surface area contributed by atoms with E-state index in [2.05, 4.69) is 9.97 Å². The lowest BCUT2D eigenvalue weighted by atomic mass is 10.2. The van der Waals surface area contributed by atoms with Gasteiger partial charge in [-0.05, 0) is 18.2 Å². The number of nitrogen functional groups attached to an aromatic ring is 1. The van der Waals surface area contributed by atoms with Crippen molar-refractivity contribution in [2.45, 2.75) is 0 Å². The van der Waals surface area contributed by atoms with E-state index in [1.807, 2.05) is 0 Å². The van der Waals surface area contributed by atoms with Gasteiger partial charge >= 0.3 is 0 Å². The molecule has 0 spiro atoms. The highest BCUT2D eigenvalue weighted by molar-refractivity contribution is 5.95. The van der Waals surface area contributed by atoms with Crippen molar-refractivity contribution in [2.24, 2.45) is 5.73 Å². The van der Waals surface area contributed by atoms with Crippen molar-refractivity contribution >= 4 is 18.2 Å². The summed E-state index contributed by atoms with van der Waals surface area (Å²) in [5, 5.41) is 7.29. The summed E-state index contributed by atoms with van der Waals surface area (Å²) in [5.41, 5.74) is 5.94. The fourth-order valence-corrected chi connectivity index (χ4v) is 1.16. The van der Waals surface area contributed by atoms with Crippen LogP contribution in [0.5, 0.6) is 11.6 Å². The maximum atomic E-state index is 7.29. The molecule has 2 aromatic heterocycles. The van der Waals surface area contributed by atoms with Crippen molar-refractivity contribution < 1.29 is 4.74 Å². The Morgan fingerprint density at radius 2 is 2.12 bits per heavy atom. The Balaban J connectivity index is 0.00000144. The Kier molecular flexibility index (Phi) is 4.42. The predicted molar refractivity (Wildman–Crippen MR) is 66.8 cm³/mol. The van der Waals surface area contributed by atoms with Gasteiger partial charge in [0.2, 0.25) is 5.88 Å². The number of hydrogen-bond acceptors (Lipinski definition) is 4. The summed E-state index contributed by atoms with van der Waals surface area (Å²) in [4.78, 5) is 7.93. The number of ether oxygens (including phenoxy) is 1. The molecule has 2 heterocycles. The average Bonchev–Trinajstić information content (AvgIpc) is 2.30. The van der Waals surface area contributed by atoms with Gasteiger partial charge in [-0.15, -0.1) is 12.4 Å². The first kappa shape index (κ1) is 12.9. The van der Waals surface area contributed by atoms with Gasteiger partial charge in [0.05, 0.1) is 6.20 Å². The Morgan fingerprint density at radius 3 is 2.76 bits per heavy atom. The highest BCUT2D eigenvalue weighted by Crippen LogP contribution is 2.18. The van der Waals surface area contributed by atoms with E-state index in [1.54, 1.807) is 42.9 Å². The summed E-state index contributed by atoms with van der Waals surface area (Å²) in [6, 6.07) is 6.80. The molecule has 0 radical (unpaired) electrons. The van der Waals surface area contributed by atoms with Gasteiger partial charge < -0.3 is 10.5 Å². The maximum absolute atomic E-state index is 7.29. The Hall–Kier alpha value is -2.14. The molecule has 3 N–H and O–H groups in total. The molecule has 0 aliphatic heterocycles. The van der Waals surface area contributed by atoms with E-state index in [9.17, 15) is 0 Å². The predicted octanol–water partition coefficient (Wildman–Crippen LogP) is 1.97. The number of pyridine rings is 2. The summed E-state index contributed by atoms with van der Waals surface area (Å²) in [5.74, 6) is 0.967. The molecule has 88 valence electrons. The van der Waals surface area contributed by atoms with Crippen molar-refractivity contribution in [1.82, 2.24) is 9.97 Å². The highest BCUT2D eigenvalue weighted by atomic mass is 35.5. The molecule has 2 rings (SSSR count). The molecule has 0 amide bonds. The Morgan fingerprint density at radius 1 is 1.29 bits per heavy atom. The van der Waals surface area contributed by atoms with Gasteiger partial charge in [0.25, 0.3) is 0 Å². The van der Waals surface area contributed by atoms with Crippen LogP contribution in [-0.4, -0.2) is 15.8 Å². The van der Waals surface area contributed by atoms with Crippen LogP contribution in [-0.2, 0) is 0 Å². The number of nitrogens with two attached hydrogens (primary N) is 1. The molecule has 0 bridgehead atoms. The molecule has 0 unspecified atom stereocenters. The van der Waals surface area contributed by atoms with Crippen molar-refractivity contribution in [1.29, 1.82) is 5.41 Å². The molecule has 0 aliphatic carbocycles. The summed E-state index contributed by atoms with van der Waals surface area (Å²) in [6.07, 6.45) is 4.79. The van der Waals surface area contributed by atoms with Crippen LogP contribution in [0, 0.1) is 5.41 Å². The van der Waals surface area contributed by atoms with Crippen LogP contribution in [0.3, 0.4) is 0 Å². The van der Waals surface area contributed by atoms with Gasteiger partial charge in [-0.2, -0.15) is 0 Å². The molecule has 0 atom stereocenters. The molecular weight excluding hydrogens is 240 g/mol. The smallest absolute Gasteiger partial charge is 0.219 e. The molecule has 0 saturated carbocycles. The van der Waals surface area contributed by atoms with Crippen molar-refractivity contribution in [3.63, 3.8) is 0 Å². The number of nitrogens with zero attached hydrogens (tertiary/aromatic N) is 2. The first-order valence-electron chi connectivity index (χ1n) is 4.64. The number of hydrogen-bond donors (Lipinski definition) is 2. The quantitative estimate of drug-likeness (QED) is 0.644. The van der Waals surface area contributed by atoms with Crippen LogP contribution in [0.25, 0.3) is 0 Å². The van der Waals surface area contributed by atoms with Crippen LogP contribution >= 0.6 is 12.4 Å². The van der Waals surface area contributed by atoms with Crippen LogP contribution in [0.4, 0.5) is 0 Å². The van der Waals surface area contributed by atoms with Crippen LogP contribution in [0.2, 0.25) is 0 Å². The number of nitrogens with one attached hydrogen (secondary N) is 1. The van der Waals surface area contributed by atoms with Gasteiger partial charge in [-0.25, -0.2) is 4.98 Å². The van der Waals surface area contributed by atoms with Crippen LogP contribution in [0.15, 0.2) is 42.9 Å². The minimum atomic E-state index is -0.0153. The molecule has 5 nitrogen and oxygen atoms in total. The molecule has 2 aromatic rings. The monoisotopic (exact) mass is 250 g/mol. The second-order valence-corrected chi connectivity index (χ2v) is 3.09. The summed E-state index contributed by atoms with van der Waals surface area (Å²) >= 11 is 0. The molecule has 6 heteroatoms. The van der Waals surface area contributed by atoms with Crippen LogP contribution in [0.1, 0.15) is 5.56 Å². The molecule has 0 aromatic carbocycles. The van der Waals surface area contributed by atoms with E-state index < -0.39 is 0 Å². The van der Waals surface area contributed by atoms with Gasteiger partial charge in [0, 0.05) is 24.0 Å². The van der Waals surface area contributed by atoms with E-state index >= 15 is 0 Å². The summed E-state index contributed by atoms with van der Waals surface area (Å²) in [7, 11) is 0. The normalized spacial score (nSPS) is 9.18. The number of amidine groups is 1. The molecular formula is C11H11ClN4O. The molecule has 0 saturated heterocycles. The minimum Gasteiger partial charge on any atom is -0.437 e. The SMILES string of the molecule is Cl.N=C(N)c1ccnc(Oc2cccnc2)c1. The lowest BCUT2D eigenvalue weighted by Gasteiger charge is -2.04. The van der Waals surface area contributed by atoms with E-state index in [1.165, 1.54) is 0 Å². The second-order valence-electron chi connectivity index (χ2n) is 3.09. The third-order valence-corrected chi connectivity index (χ3v) is 1.90. The van der Waals surface area contributed by atoms with Crippen LogP contribution < -0.4 is 10.5 Å². The summed E-state index contributed by atoms with van der Waals surface area (Å²) < 4.78 is 5.44. The standard InChI is InChI=1S/C11H10N4O.ClH/c12-11(13)8-3-5-15-10(6-8)16-9-2-1-4-14-7-9;/h1-7H,(H3,12,13);1H. The van der Waals surface area contributed by atoms with E-state index in [0.717, 1.165) is 0 Å². The van der Waals surface area contributed by atoms with Gasteiger partial charge in [-0.3, -0.25) is 10.4 Å². The molecule has 0 aliphatic rings. The van der Waals surface area contributed by atoms with E-state index in [4.69, 9.17) is 15.9 Å². The van der Waals surface area contributed by atoms with Gasteiger partial charge in [-0.1, -0.05) is 0 Å². The zero-order valence-corrected chi connectivity index (χ0v) is 9.65. The summed E-state index contributed by atoms with van der Waals surface area (Å²) in [6.45, 7) is 0. The number of rotatable bonds is 3. The lowest BCUT2D eigenvalue weighted by Crippen LogP contribution is -2.11. The molecule has 0 fully saturated rings. The first-order chi connectivity index (χ1) is 7.75. The maximum Gasteiger partial charge on any atom is 0.219 e. The first-order valence-corrected chi connectivity index (χ1v) is 4.64. The van der Waals surface area contributed by atoms with Gasteiger partial charge in [0.15, 0.2) is 0 Å². The fourth-order valence-electron chi connectivity index (χ4n) is 1.16. The number of halogens is 1. The largest absolute Gasteiger partial charge is 0.437 e. The highest BCUT2D eigenvalue weighted by Gasteiger charge is 2.01. The average molecular weight is 251 g/mol. The minimum absolute atomic E-state index is 0. The molecule has 17 heavy (non-hydrogen) atoms. The van der Waals surface area contributed by atoms with Crippen molar-refractivity contribution in [3.05, 3.63) is 48.4 Å². The zero-order chi connectivity index (χ0) is 11.4. The van der Waals surface area contributed by atoms with E-state index in [0.29, 0.717) is 17.2 Å². The Bertz CT molecular complexity index is 504. The van der Waals surface area contributed by atoms with Gasteiger partial charge in [0.1, 0.15) is 11.6 Å². The number of aromatic nitrogens is 2. The van der Waals surface area contributed by atoms with Crippen molar-refractivity contribution in [3.8, 4) is 11.6 Å². The third-order valence-electron chi connectivity index (χ3n) is 1.90. The Labute approximate surface area is 105 Å². The third kappa shape index (κ3) is 3.42. The fraction of sp³-hybridized carbons (Fsp3) is 0. The zero-order valence-electron chi connectivity index (χ0n) is 8.83. The van der Waals surface area contributed by atoms with Crippen molar-refractivity contribution in [2.75, 3.05) is 0 Å². The lowest BCUT2D eigenvalue weighted by molar-refractivity contribution is 0.460. The van der Waals surface area contributed by atoms with E-state index in [-0.39, 0.29) is 18.2 Å². The second kappa shape index (κ2) is 5.81. The topological polar surface area (TPSA) is 84.9 Å².